The zero-order valence-corrected chi connectivity index (χ0v) is 20.1. The molecule has 2 N–H and O–H groups in total. The second kappa shape index (κ2) is 10.1. The van der Waals surface area contributed by atoms with E-state index in [-0.39, 0.29) is 11.3 Å². The summed E-state index contributed by atoms with van der Waals surface area (Å²) in [5.74, 6) is -1.67. The van der Waals surface area contributed by atoms with E-state index in [1.165, 1.54) is 11.8 Å². The number of para-hydroxylation sites is 1. The number of amides is 1. The van der Waals surface area contributed by atoms with Gasteiger partial charge in [0.05, 0.1) is 11.6 Å². The van der Waals surface area contributed by atoms with Crippen molar-refractivity contribution in [3.8, 4) is 5.75 Å². The molecule has 1 fully saturated rings. The van der Waals surface area contributed by atoms with Crippen molar-refractivity contribution in [2.24, 2.45) is 0 Å². The average Bonchev–Trinajstić information content (AvgIpc) is 3.39. The molecule has 0 aliphatic carbocycles. The number of nitrogens with zero attached hydrogens (tertiary/aromatic N) is 2. The summed E-state index contributed by atoms with van der Waals surface area (Å²) in [7, 11) is 0. The molecule has 0 saturated carbocycles. The number of likely N-dealkylation sites (tertiary alicyclic amines) is 1. The molecule has 0 bridgehead atoms. The van der Waals surface area contributed by atoms with Crippen LogP contribution in [0.4, 0.5) is 0 Å². The van der Waals surface area contributed by atoms with Crippen molar-refractivity contribution in [1.82, 2.24) is 14.8 Å². The Labute approximate surface area is 203 Å². The van der Waals surface area contributed by atoms with Gasteiger partial charge < -0.3 is 24.6 Å². The molecule has 35 heavy (non-hydrogen) atoms. The van der Waals surface area contributed by atoms with Crippen molar-refractivity contribution in [3.63, 3.8) is 0 Å². The van der Waals surface area contributed by atoms with Crippen LogP contribution in [0.5, 0.6) is 5.75 Å². The van der Waals surface area contributed by atoms with E-state index >= 15 is 0 Å². The van der Waals surface area contributed by atoms with E-state index in [9.17, 15) is 19.5 Å². The third kappa shape index (κ3) is 4.70. The van der Waals surface area contributed by atoms with Crippen LogP contribution in [0, 0.1) is 0 Å². The van der Waals surface area contributed by atoms with Crippen LogP contribution in [0.3, 0.4) is 0 Å². The number of rotatable bonds is 8. The molecule has 182 valence electrons. The molecule has 1 saturated heterocycles. The summed E-state index contributed by atoms with van der Waals surface area (Å²) in [5, 5.41) is 12.1. The lowest BCUT2D eigenvalue weighted by Gasteiger charge is -2.28. The monoisotopic (exact) mass is 475 g/mol. The topological polar surface area (TPSA) is 103 Å². The minimum absolute atomic E-state index is 0.0412. The number of hydrogen-bond acceptors (Lipinski definition) is 6. The van der Waals surface area contributed by atoms with Crippen molar-refractivity contribution in [2.75, 3.05) is 26.2 Å². The molecule has 1 aromatic heterocycles. The highest BCUT2D eigenvalue weighted by Crippen LogP contribution is 2.40. The fourth-order valence-corrected chi connectivity index (χ4v) is 4.54. The predicted octanol–water partition coefficient (Wildman–Crippen LogP) is 3.86. The van der Waals surface area contributed by atoms with Gasteiger partial charge >= 0.3 is 5.97 Å². The fraction of sp³-hybridized carbons (Fsp3) is 0.296. The number of H-pyrrole nitrogens is 1. The summed E-state index contributed by atoms with van der Waals surface area (Å²) in [6.07, 6.45) is 1.64. The number of aromatic amines is 1. The minimum atomic E-state index is -0.773. The lowest BCUT2D eigenvalue weighted by Crippen LogP contribution is -2.38. The number of hydrogen-bond donors (Lipinski definition) is 2. The molecule has 8 nitrogen and oxygen atoms in total. The first-order valence-electron chi connectivity index (χ1n) is 11.7. The Kier molecular flexibility index (Phi) is 7.02. The zero-order chi connectivity index (χ0) is 25.1. The van der Waals surface area contributed by atoms with Crippen LogP contribution in [0.25, 0.3) is 16.7 Å². The zero-order valence-electron chi connectivity index (χ0n) is 20.1. The van der Waals surface area contributed by atoms with Gasteiger partial charge in [0.25, 0.3) is 11.7 Å². The number of carbonyl (C=O) groups is 3. The number of aromatic nitrogens is 1. The van der Waals surface area contributed by atoms with Gasteiger partial charge in [-0.15, -0.1) is 0 Å². The smallest absolute Gasteiger partial charge is 0.308 e. The molecule has 1 aliphatic rings. The number of nitrogens with one attached hydrogen (secondary N) is 1. The second-order valence-corrected chi connectivity index (χ2v) is 8.43. The number of fused-ring (bicyclic) bond motifs is 1. The van der Waals surface area contributed by atoms with Crippen LogP contribution < -0.4 is 4.74 Å². The van der Waals surface area contributed by atoms with Gasteiger partial charge in [-0.1, -0.05) is 44.2 Å². The highest BCUT2D eigenvalue weighted by atomic mass is 16.5. The molecule has 4 rings (SSSR count). The number of aliphatic hydroxyl groups excluding tert-OH is 1. The van der Waals surface area contributed by atoms with Gasteiger partial charge in [-0.05, 0) is 36.9 Å². The van der Waals surface area contributed by atoms with Crippen LogP contribution in [0.2, 0.25) is 0 Å². The number of esters is 1. The minimum Gasteiger partial charge on any atom is -0.507 e. The summed E-state index contributed by atoms with van der Waals surface area (Å²) >= 11 is 0. The van der Waals surface area contributed by atoms with E-state index in [4.69, 9.17) is 4.74 Å². The van der Waals surface area contributed by atoms with Crippen molar-refractivity contribution in [2.45, 2.75) is 26.8 Å². The Morgan fingerprint density at radius 2 is 1.77 bits per heavy atom. The molecular formula is C27H29N3O5. The van der Waals surface area contributed by atoms with Gasteiger partial charge in [-0.25, -0.2) is 0 Å². The summed E-state index contributed by atoms with van der Waals surface area (Å²) in [5.41, 5.74) is 1.96. The largest absolute Gasteiger partial charge is 0.507 e. The third-order valence-electron chi connectivity index (χ3n) is 6.39. The van der Waals surface area contributed by atoms with Crippen LogP contribution in [-0.4, -0.2) is 63.7 Å². The number of carbonyl (C=O) groups excluding carboxylic acids is 3. The van der Waals surface area contributed by atoms with Gasteiger partial charge in [0.2, 0.25) is 0 Å². The number of aliphatic hydroxyl groups is 1. The van der Waals surface area contributed by atoms with Crippen molar-refractivity contribution in [1.29, 1.82) is 0 Å². The number of benzene rings is 2. The van der Waals surface area contributed by atoms with Gasteiger partial charge in [0, 0.05) is 42.7 Å². The summed E-state index contributed by atoms with van der Waals surface area (Å²) < 4.78 is 5.13. The maximum absolute atomic E-state index is 13.3. The first kappa shape index (κ1) is 24.2. The lowest BCUT2D eigenvalue weighted by atomic mass is 9.95. The summed E-state index contributed by atoms with van der Waals surface area (Å²) in [6.45, 7) is 7.95. The molecule has 2 aromatic carbocycles. The molecule has 0 radical (unpaired) electrons. The van der Waals surface area contributed by atoms with Crippen LogP contribution in [0.1, 0.15) is 37.9 Å². The van der Waals surface area contributed by atoms with Gasteiger partial charge in [0.15, 0.2) is 0 Å². The quantitative estimate of drug-likeness (QED) is 0.169. The highest BCUT2D eigenvalue weighted by Gasteiger charge is 2.46. The fourth-order valence-electron chi connectivity index (χ4n) is 4.54. The molecule has 1 amide bonds. The van der Waals surface area contributed by atoms with E-state index in [0.29, 0.717) is 30.0 Å². The molecular weight excluding hydrogens is 446 g/mol. The van der Waals surface area contributed by atoms with Gasteiger partial charge in [-0.3, -0.25) is 14.4 Å². The Morgan fingerprint density at radius 3 is 2.43 bits per heavy atom. The maximum atomic E-state index is 13.3. The Bertz CT molecular complexity index is 1290. The molecule has 1 aliphatic heterocycles. The van der Waals surface area contributed by atoms with E-state index in [2.05, 4.69) is 9.88 Å². The van der Waals surface area contributed by atoms with Gasteiger partial charge in [0.1, 0.15) is 11.5 Å². The van der Waals surface area contributed by atoms with Crippen LogP contribution in [0.15, 0.2) is 60.3 Å². The van der Waals surface area contributed by atoms with Crippen LogP contribution in [-0.2, 0) is 14.4 Å². The number of ketones is 1. The first-order chi connectivity index (χ1) is 16.8. The summed E-state index contributed by atoms with van der Waals surface area (Å²) in [6, 6.07) is 13.3. The van der Waals surface area contributed by atoms with Crippen molar-refractivity contribution >= 4 is 34.3 Å². The molecule has 2 heterocycles. The first-order valence-corrected chi connectivity index (χ1v) is 11.7. The predicted molar refractivity (Wildman–Crippen MR) is 133 cm³/mol. The van der Waals surface area contributed by atoms with Gasteiger partial charge in [-0.2, -0.15) is 0 Å². The maximum Gasteiger partial charge on any atom is 0.308 e. The summed E-state index contributed by atoms with van der Waals surface area (Å²) in [4.78, 5) is 44.5. The number of likely N-dealkylation sites (N-methyl/N-ethyl adjacent to an activating group) is 1. The highest BCUT2D eigenvalue weighted by molar-refractivity contribution is 6.46. The number of ether oxygens (including phenoxy) is 1. The molecule has 0 spiro atoms. The molecule has 1 unspecified atom stereocenters. The Hall–Kier alpha value is -3.91. The van der Waals surface area contributed by atoms with E-state index in [1.807, 2.05) is 38.1 Å². The molecule has 8 heteroatoms. The van der Waals surface area contributed by atoms with E-state index in [1.54, 1.807) is 30.5 Å². The second-order valence-electron chi connectivity index (χ2n) is 8.43. The SMILES string of the molecule is CCN(CC)CCN1C(=O)C(=O)/C(=C(\O)c2c[nH]c3ccccc23)C1c1ccc(OC(C)=O)cc1. The normalized spacial score (nSPS) is 17.5. The average molecular weight is 476 g/mol. The van der Waals surface area contributed by atoms with Crippen molar-refractivity contribution < 1.29 is 24.2 Å². The Morgan fingerprint density at radius 1 is 1.09 bits per heavy atom. The lowest BCUT2D eigenvalue weighted by molar-refractivity contribution is -0.140. The molecule has 3 aromatic rings. The van der Waals surface area contributed by atoms with Crippen LogP contribution >= 0.6 is 0 Å². The van der Waals surface area contributed by atoms with E-state index < -0.39 is 23.7 Å². The third-order valence-corrected chi connectivity index (χ3v) is 6.39. The Balaban J connectivity index is 1.81. The molecule has 1 atom stereocenters. The van der Waals surface area contributed by atoms with Crippen molar-refractivity contribution in [3.05, 3.63) is 71.4 Å². The number of Topliss-reactive ketones (excluding diaryl/α,β-unsaturated/α-hetero) is 1. The van der Waals surface area contributed by atoms with E-state index in [0.717, 1.165) is 24.0 Å². The standard InChI is InChI=1S/C27H29N3O5/c1-4-29(5-2)14-15-30-24(18-10-12-19(13-11-18)35-17(3)31)23(26(33)27(30)34)25(32)21-16-28-22-9-7-6-8-20(21)22/h6-13,16,24,28,32H,4-5,14-15H2,1-3H3/b25-23-.